The summed E-state index contributed by atoms with van der Waals surface area (Å²) in [6, 6.07) is 0. The van der Waals surface area contributed by atoms with E-state index in [1.165, 1.54) is 128 Å². The maximum absolute atomic E-state index is 13.0. The lowest BCUT2D eigenvalue weighted by Gasteiger charge is -2.21. The van der Waals surface area contributed by atoms with Gasteiger partial charge in [-0.15, -0.1) is 0 Å². The van der Waals surface area contributed by atoms with Crippen molar-refractivity contribution in [3.63, 3.8) is 0 Å². The van der Waals surface area contributed by atoms with Gasteiger partial charge in [0.2, 0.25) is 0 Å². The minimum atomic E-state index is -4.95. The van der Waals surface area contributed by atoms with Crippen LogP contribution in [-0.2, 0) is 65.4 Å². The molecule has 0 aromatic carbocycles. The molecular weight excluding hydrogens is 1150 g/mol. The number of hydrogen-bond acceptors (Lipinski definition) is 15. The summed E-state index contributed by atoms with van der Waals surface area (Å²) in [5, 5.41) is 10.5. The molecule has 3 N–H and O–H groups in total. The van der Waals surface area contributed by atoms with Gasteiger partial charge < -0.3 is 33.8 Å². The van der Waals surface area contributed by atoms with Gasteiger partial charge in [0, 0.05) is 25.7 Å². The Labute approximate surface area is 530 Å². The topological polar surface area (TPSA) is 237 Å². The molecule has 17 nitrogen and oxygen atoms in total. The average molecular weight is 1280 g/mol. The van der Waals surface area contributed by atoms with Gasteiger partial charge in [-0.05, 0) is 49.4 Å². The third-order valence-electron chi connectivity index (χ3n) is 15.6. The van der Waals surface area contributed by atoms with Crippen molar-refractivity contribution in [2.24, 2.45) is 23.7 Å². The Morgan fingerprint density at radius 1 is 0.287 bits per heavy atom. The van der Waals surface area contributed by atoms with Crippen LogP contribution in [0.3, 0.4) is 0 Å². The SMILES string of the molecule is CC(C)CCCCCCCCCCCCCCCCCC(=O)OC[C@H](COP(=O)(O)OCC(O)COP(=O)(O)OC[C@@H](COC(=O)CCCCCCCCCC(C)C)OC(=O)CCCCCCCCC(C)C)OC(=O)CCCCCCCCCC(C)C. The smallest absolute Gasteiger partial charge is 0.462 e. The number of unbranched alkanes of at least 4 members (excludes halogenated alkanes) is 31. The fraction of sp³-hybridized carbons (Fsp3) is 0.941. The third-order valence-corrected chi connectivity index (χ3v) is 17.5. The average Bonchev–Trinajstić information content (AvgIpc) is 3.67. The molecular formula is C68H132O17P2. The number of hydrogen-bond donors (Lipinski definition) is 3. The Bertz CT molecular complexity index is 1730. The Balaban J connectivity index is 5.16. The second kappa shape index (κ2) is 57.9. The van der Waals surface area contributed by atoms with Crippen molar-refractivity contribution in [1.29, 1.82) is 0 Å². The fourth-order valence-corrected chi connectivity index (χ4v) is 11.7. The molecule has 19 heteroatoms. The third kappa shape index (κ3) is 62.6. The van der Waals surface area contributed by atoms with Crippen molar-refractivity contribution < 1.29 is 80.2 Å². The summed E-state index contributed by atoms with van der Waals surface area (Å²) < 4.78 is 68.1. The van der Waals surface area contributed by atoms with E-state index in [0.717, 1.165) is 102 Å². The van der Waals surface area contributed by atoms with Crippen LogP contribution < -0.4 is 0 Å². The molecule has 0 heterocycles. The van der Waals surface area contributed by atoms with Gasteiger partial charge in [0.05, 0.1) is 26.4 Å². The number of phosphoric ester groups is 2. The van der Waals surface area contributed by atoms with Crippen molar-refractivity contribution in [3.05, 3.63) is 0 Å². The number of aliphatic hydroxyl groups excluding tert-OH is 1. The standard InChI is InChI=1S/C68H132O17P2/c1-58(2)44-36-28-20-16-14-12-10-9-11-13-15-17-23-32-40-48-65(70)78-54-63(84-67(72)50-42-34-25-19-22-30-38-46-60(5)6)56-82-86(74,75)80-52-62(69)53-81-87(76,77)83-57-64(85-68(73)51-43-35-27-26-31-39-47-61(7)8)55-79-66(71)49-41-33-24-18-21-29-37-45-59(3)4/h58-64,69H,9-57H2,1-8H3,(H,74,75)(H,76,77)/t62?,63-,64-/m1/s1. The molecule has 0 spiro atoms. The number of carbonyl (C=O) groups excluding carboxylic acids is 4. The highest BCUT2D eigenvalue weighted by molar-refractivity contribution is 7.47. The molecule has 0 saturated carbocycles. The maximum atomic E-state index is 13.0. The van der Waals surface area contributed by atoms with Crippen LogP contribution in [0, 0.1) is 23.7 Å². The zero-order chi connectivity index (χ0) is 64.7. The largest absolute Gasteiger partial charge is 0.472 e. The van der Waals surface area contributed by atoms with E-state index in [-0.39, 0.29) is 25.7 Å². The molecule has 5 atom stereocenters. The van der Waals surface area contributed by atoms with E-state index in [2.05, 4.69) is 55.4 Å². The molecule has 0 aliphatic heterocycles. The van der Waals surface area contributed by atoms with Gasteiger partial charge in [-0.3, -0.25) is 37.3 Å². The van der Waals surface area contributed by atoms with Gasteiger partial charge in [-0.2, -0.15) is 0 Å². The molecule has 0 radical (unpaired) electrons. The monoisotopic (exact) mass is 1280 g/mol. The summed E-state index contributed by atoms with van der Waals surface area (Å²) in [5.74, 6) is 0.737. The fourth-order valence-electron chi connectivity index (χ4n) is 10.1. The molecule has 0 amide bonds. The highest BCUT2D eigenvalue weighted by atomic mass is 31.2. The molecule has 0 saturated heterocycles. The van der Waals surface area contributed by atoms with Gasteiger partial charge in [0.25, 0.3) is 0 Å². The summed E-state index contributed by atoms with van der Waals surface area (Å²) in [5.41, 5.74) is 0. The first-order valence-electron chi connectivity index (χ1n) is 35.2. The maximum Gasteiger partial charge on any atom is 0.472 e. The van der Waals surface area contributed by atoms with E-state index >= 15 is 0 Å². The number of phosphoric acid groups is 2. The van der Waals surface area contributed by atoms with Crippen LogP contribution >= 0.6 is 15.6 Å². The van der Waals surface area contributed by atoms with Crippen molar-refractivity contribution in [2.75, 3.05) is 39.6 Å². The molecule has 0 aromatic heterocycles. The van der Waals surface area contributed by atoms with Crippen LogP contribution in [0.5, 0.6) is 0 Å². The normalized spacial score (nSPS) is 14.3. The molecule has 0 aliphatic rings. The number of aliphatic hydroxyl groups is 1. The highest BCUT2D eigenvalue weighted by Crippen LogP contribution is 2.45. The molecule has 516 valence electrons. The van der Waals surface area contributed by atoms with Gasteiger partial charge in [-0.25, -0.2) is 9.13 Å². The van der Waals surface area contributed by atoms with Crippen molar-refractivity contribution in [1.82, 2.24) is 0 Å². The molecule has 0 bridgehead atoms. The number of carbonyl (C=O) groups is 4. The molecule has 0 rings (SSSR count). The second-order valence-electron chi connectivity index (χ2n) is 26.5. The van der Waals surface area contributed by atoms with Gasteiger partial charge in [0.15, 0.2) is 12.2 Å². The Kier molecular flexibility index (Phi) is 56.6. The summed E-state index contributed by atoms with van der Waals surface area (Å²) in [7, 11) is -9.89. The van der Waals surface area contributed by atoms with E-state index < -0.39 is 97.5 Å². The minimum Gasteiger partial charge on any atom is -0.462 e. The lowest BCUT2D eigenvalue weighted by molar-refractivity contribution is -0.161. The quantitative estimate of drug-likeness (QED) is 0.0222. The zero-order valence-electron chi connectivity index (χ0n) is 56.6. The van der Waals surface area contributed by atoms with Crippen LogP contribution in [-0.4, -0.2) is 96.7 Å². The summed E-state index contributed by atoms with van der Waals surface area (Å²) in [4.78, 5) is 72.3. The van der Waals surface area contributed by atoms with Gasteiger partial charge in [-0.1, -0.05) is 280 Å². The van der Waals surface area contributed by atoms with Crippen LogP contribution in [0.4, 0.5) is 0 Å². The lowest BCUT2D eigenvalue weighted by Crippen LogP contribution is -2.30. The molecule has 0 aliphatic carbocycles. The molecule has 3 unspecified atom stereocenters. The Morgan fingerprint density at radius 3 is 0.713 bits per heavy atom. The number of rotatable bonds is 65. The second-order valence-corrected chi connectivity index (χ2v) is 29.4. The Hall–Kier alpha value is -1.94. The van der Waals surface area contributed by atoms with Crippen LogP contribution in [0.1, 0.15) is 331 Å². The zero-order valence-corrected chi connectivity index (χ0v) is 58.4. The highest BCUT2D eigenvalue weighted by Gasteiger charge is 2.30. The molecule has 87 heavy (non-hydrogen) atoms. The van der Waals surface area contributed by atoms with Crippen LogP contribution in [0.2, 0.25) is 0 Å². The number of esters is 4. The molecule has 0 aromatic rings. The Morgan fingerprint density at radius 2 is 0.483 bits per heavy atom. The summed E-state index contributed by atoms with van der Waals surface area (Å²) >= 11 is 0. The van der Waals surface area contributed by atoms with E-state index in [4.69, 9.17) is 37.0 Å². The predicted octanol–water partition coefficient (Wildman–Crippen LogP) is 18.9. The first-order chi connectivity index (χ1) is 41.6. The molecule has 0 fully saturated rings. The lowest BCUT2D eigenvalue weighted by atomic mass is 10.0. The van der Waals surface area contributed by atoms with Crippen LogP contribution in [0.15, 0.2) is 0 Å². The van der Waals surface area contributed by atoms with E-state index in [0.29, 0.717) is 43.4 Å². The first-order valence-corrected chi connectivity index (χ1v) is 38.2. The summed E-state index contributed by atoms with van der Waals surface area (Å²) in [6.45, 7) is 13.9. The van der Waals surface area contributed by atoms with Gasteiger partial charge in [0.1, 0.15) is 19.3 Å². The van der Waals surface area contributed by atoms with Crippen molar-refractivity contribution in [2.45, 2.75) is 350 Å². The van der Waals surface area contributed by atoms with E-state index in [1.807, 2.05) is 0 Å². The first kappa shape index (κ1) is 85.1. The van der Waals surface area contributed by atoms with Crippen LogP contribution in [0.25, 0.3) is 0 Å². The summed E-state index contributed by atoms with van der Waals surface area (Å²) in [6.07, 6.45) is 39.4. The number of ether oxygens (including phenoxy) is 4. The van der Waals surface area contributed by atoms with E-state index in [1.54, 1.807) is 0 Å². The van der Waals surface area contributed by atoms with Crippen molar-refractivity contribution >= 4 is 39.5 Å². The van der Waals surface area contributed by atoms with E-state index in [9.17, 15) is 43.2 Å². The minimum absolute atomic E-state index is 0.101. The van der Waals surface area contributed by atoms with Gasteiger partial charge >= 0.3 is 39.5 Å². The van der Waals surface area contributed by atoms with Crippen molar-refractivity contribution in [3.8, 4) is 0 Å². The predicted molar refractivity (Wildman–Crippen MR) is 349 cm³/mol.